The molecule has 0 aliphatic heterocycles. The Hall–Kier alpha value is -1.66. The number of benzene rings is 1. The van der Waals surface area contributed by atoms with Gasteiger partial charge in [0.25, 0.3) is 11.6 Å². The molecular formula is C12H18ClN3O3. The maximum absolute atomic E-state index is 11.8. The quantitative estimate of drug-likeness (QED) is 0.637. The third-order valence-corrected chi connectivity index (χ3v) is 2.55. The van der Waals surface area contributed by atoms with Gasteiger partial charge >= 0.3 is 0 Å². The third kappa shape index (κ3) is 4.84. The first-order valence-corrected chi connectivity index (χ1v) is 5.71. The van der Waals surface area contributed by atoms with Crippen LogP contribution in [0.3, 0.4) is 0 Å². The summed E-state index contributed by atoms with van der Waals surface area (Å²) in [7, 11) is 0. The minimum Gasteiger partial charge on any atom is -0.352 e. The second-order valence-corrected chi connectivity index (χ2v) is 4.25. The van der Waals surface area contributed by atoms with Crippen molar-refractivity contribution in [1.82, 2.24) is 5.32 Å². The number of nitrogens with two attached hydrogens (primary N) is 1. The van der Waals surface area contributed by atoms with Gasteiger partial charge in [0, 0.05) is 18.2 Å². The first-order chi connectivity index (χ1) is 8.43. The van der Waals surface area contributed by atoms with Crippen LogP contribution < -0.4 is 11.1 Å². The lowest BCUT2D eigenvalue weighted by atomic mass is 10.1. The van der Waals surface area contributed by atoms with Crippen LogP contribution in [0.25, 0.3) is 0 Å². The number of nitrogens with zero attached hydrogens (tertiary/aromatic N) is 1. The summed E-state index contributed by atoms with van der Waals surface area (Å²) >= 11 is 0. The number of hydrogen-bond acceptors (Lipinski definition) is 4. The van der Waals surface area contributed by atoms with Gasteiger partial charge in [-0.1, -0.05) is 12.1 Å². The van der Waals surface area contributed by atoms with Crippen molar-refractivity contribution in [3.63, 3.8) is 0 Å². The summed E-state index contributed by atoms with van der Waals surface area (Å²) < 4.78 is 0. The minimum atomic E-state index is -0.532. The highest BCUT2D eigenvalue weighted by Crippen LogP contribution is 2.22. The zero-order valence-corrected chi connectivity index (χ0v) is 11.7. The number of nitrogens with one attached hydrogen (secondary N) is 1. The van der Waals surface area contributed by atoms with Crippen molar-refractivity contribution in [2.45, 2.75) is 26.3 Å². The second kappa shape index (κ2) is 7.70. The summed E-state index contributed by atoms with van der Waals surface area (Å²) in [4.78, 5) is 22.2. The van der Waals surface area contributed by atoms with Gasteiger partial charge in [-0.15, -0.1) is 12.4 Å². The molecule has 0 aliphatic rings. The molecule has 1 unspecified atom stereocenters. The summed E-state index contributed by atoms with van der Waals surface area (Å²) in [6, 6.07) is 4.67. The summed E-state index contributed by atoms with van der Waals surface area (Å²) in [5.74, 6) is -0.439. The van der Waals surface area contributed by atoms with Crippen molar-refractivity contribution in [1.29, 1.82) is 0 Å². The molecule has 1 rings (SSSR count). The van der Waals surface area contributed by atoms with E-state index in [4.69, 9.17) is 5.73 Å². The monoisotopic (exact) mass is 287 g/mol. The van der Waals surface area contributed by atoms with Crippen LogP contribution in [0.5, 0.6) is 0 Å². The van der Waals surface area contributed by atoms with Gasteiger partial charge < -0.3 is 11.1 Å². The largest absolute Gasteiger partial charge is 0.352 e. The summed E-state index contributed by atoms with van der Waals surface area (Å²) in [6.07, 6.45) is 0.630. The Morgan fingerprint density at radius 2 is 2.16 bits per heavy atom. The zero-order valence-electron chi connectivity index (χ0n) is 10.9. The maximum Gasteiger partial charge on any atom is 0.285 e. The molecular weight excluding hydrogens is 270 g/mol. The number of halogens is 1. The molecule has 0 fully saturated rings. The van der Waals surface area contributed by atoms with Gasteiger partial charge in [0.1, 0.15) is 5.56 Å². The molecule has 0 spiro atoms. The molecule has 0 heterocycles. The van der Waals surface area contributed by atoms with Gasteiger partial charge in [0.15, 0.2) is 0 Å². The van der Waals surface area contributed by atoms with E-state index in [9.17, 15) is 14.9 Å². The van der Waals surface area contributed by atoms with Gasteiger partial charge in [0.05, 0.1) is 4.92 Å². The standard InChI is InChI=1S/C12H17N3O3.ClH/c1-8-4-3-5-10(11(8)15(17)18)12(16)14-7-6-9(2)13;/h3-5,9H,6-7,13H2,1-2H3,(H,14,16);1H. The molecule has 0 radical (unpaired) electrons. The lowest BCUT2D eigenvalue weighted by Gasteiger charge is -2.08. The van der Waals surface area contributed by atoms with Crippen molar-refractivity contribution in [3.05, 3.63) is 39.4 Å². The van der Waals surface area contributed by atoms with E-state index in [0.29, 0.717) is 18.5 Å². The number of rotatable bonds is 5. The summed E-state index contributed by atoms with van der Waals surface area (Å²) in [6.45, 7) is 3.85. The van der Waals surface area contributed by atoms with Crippen molar-refractivity contribution in [3.8, 4) is 0 Å². The minimum absolute atomic E-state index is 0. The van der Waals surface area contributed by atoms with Gasteiger partial charge in [-0.2, -0.15) is 0 Å². The van der Waals surface area contributed by atoms with Crippen molar-refractivity contribution < 1.29 is 9.72 Å². The molecule has 1 atom stereocenters. The highest BCUT2D eigenvalue weighted by Gasteiger charge is 2.21. The predicted octanol–water partition coefficient (Wildman–Crippen LogP) is 1.79. The first-order valence-electron chi connectivity index (χ1n) is 5.71. The molecule has 106 valence electrons. The van der Waals surface area contributed by atoms with Crippen molar-refractivity contribution in [2.24, 2.45) is 5.73 Å². The fourth-order valence-electron chi connectivity index (χ4n) is 1.59. The van der Waals surface area contributed by atoms with Gasteiger partial charge in [0.2, 0.25) is 0 Å². The van der Waals surface area contributed by atoms with E-state index >= 15 is 0 Å². The zero-order chi connectivity index (χ0) is 13.7. The number of carbonyl (C=O) groups is 1. The topological polar surface area (TPSA) is 98.3 Å². The Kier molecular flexibility index (Phi) is 7.03. The molecule has 0 bridgehead atoms. The fourth-order valence-corrected chi connectivity index (χ4v) is 1.59. The smallest absolute Gasteiger partial charge is 0.285 e. The van der Waals surface area contributed by atoms with E-state index in [-0.39, 0.29) is 29.7 Å². The van der Waals surface area contributed by atoms with Crippen LogP contribution in [0, 0.1) is 17.0 Å². The third-order valence-electron chi connectivity index (χ3n) is 2.55. The van der Waals surface area contributed by atoms with E-state index in [0.717, 1.165) is 0 Å². The Balaban J connectivity index is 0.00000324. The Morgan fingerprint density at radius 3 is 2.68 bits per heavy atom. The number of hydrogen-bond donors (Lipinski definition) is 2. The molecule has 1 amide bonds. The highest BCUT2D eigenvalue weighted by molar-refractivity contribution is 5.98. The van der Waals surface area contributed by atoms with E-state index < -0.39 is 10.8 Å². The molecule has 0 aromatic heterocycles. The maximum atomic E-state index is 11.8. The number of para-hydroxylation sites is 1. The van der Waals surface area contributed by atoms with Crippen LogP contribution in [0.2, 0.25) is 0 Å². The van der Waals surface area contributed by atoms with Gasteiger partial charge in [-0.25, -0.2) is 0 Å². The summed E-state index contributed by atoms with van der Waals surface area (Å²) in [5.41, 5.74) is 5.98. The number of aryl methyl sites for hydroxylation is 1. The second-order valence-electron chi connectivity index (χ2n) is 4.25. The fraction of sp³-hybridized carbons (Fsp3) is 0.417. The lowest BCUT2D eigenvalue weighted by Crippen LogP contribution is -2.29. The molecule has 3 N–H and O–H groups in total. The molecule has 7 heteroatoms. The Bertz CT molecular complexity index is 464. The summed E-state index contributed by atoms with van der Waals surface area (Å²) in [5, 5.41) is 13.6. The van der Waals surface area contributed by atoms with Crippen LogP contribution in [0.15, 0.2) is 18.2 Å². The van der Waals surface area contributed by atoms with Crippen LogP contribution in [-0.4, -0.2) is 23.4 Å². The normalized spacial score (nSPS) is 11.3. The predicted molar refractivity (Wildman–Crippen MR) is 75.7 cm³/mol. The van der Waals surface area contributed by atoms with Crippen molar-refractivity contribution >= 4 is 24.0 Å². The van der Waals surface area contributed by atoms with Gasteiger partial charge in [-0.3, -0.25) is 14.9 Å². The van der Waals surface area contributed by atoms with Crippen LogP contribution in [0.1, 0.15) is 29.3 Å². The molecule has 1 aromatic rings. The van der Waals surface area contributed by atoms with Crippen LogP contribution >= 0.6 is 12.4 Å². The Labute approximate surface area is 117 Å². The number of amides is 1. The van der Waals surface area contributed by atoms with E-state index in [1.807, 2.05) is 6.92 Å². The van der Waals surface area contributed by atoms with E-state index in [2.05, 4.69) is 5.32 Å². The average Bonchev–Trinajstić information content (AvgIpc) is 2.27. The van der Waals surface area contributed by atoms with Crippen LogP contribution in [0.4, 0.5) is 5.69 Å². The van der Waals surface area contributed by atoms with Crippen molar-refractivity contribution in [2.75, 3.05) is 6.54 Å². The van der Waals surface area contributed by atoms with E-state index in [1.165, 1.54) is 6.07 Å². The number of carbonyl (C=O) groups excluding carboxylic acids is 1. The highest BCUT2D eigenvalue weighted by atomic mass is 35.5. The molecule has 19 heavy (non-hydrogen) atoms. The molecule has 1 aromatic carbocycles. The molecule has 0 saturated carbocycles. The average molecular weight is 288 g/mol. The van der Waals surface area contributed by atoms with Crippen LogP contribution in [-0.2, 0) is 0 Å². The number of nitro benzene ring substituents is 1. The number of nitro groups is 1. The molecule has 6 nitrogen and oxygen atoms in total. The van der Waals surface area contributed by atoms with Gasteiger partial charge in [-0.05, 0) is 26.3 Å². The first kappa shape index (κ1) is 17.3. The lowest BCUT2D eigenvalue weighted by molar-refractivity contribution is -0.385. The molecule has 0 aliphatic carbocycles. The molecule has 0 saturated heterocycles. The SMILES string of the molecule is Cc1cccc(C(=O)NCCC(C)N)c1[N+](=O)[O-].Cl. The Morgan fingerprint density at radius 1 is 1.53 bits per heavy atom. The van der Waals surface area contributed by atoms with E-state index in [1.54, 1.807) is 19.1 Å².